The van der Waals surface area contributed by atoms with Gasteiger partial charge >= 0.3 is 6.03 Å². The van der Waals surface area contributed by atoms with Crippen LogP contribution in [0.15, 0.2) is 82.6 Å². The first-order valence-electron chi connectivity index (χ1n) is 21.9. The minimum atomic E-state index is -3.54. The number of sulfone groups is 2. The number of hydrogen-bond acceptors (Lipinski definition) is 11. The van der Waals surface area contributed by atoms with E-state index in [2.05, 4.69) is 20.4 Å². The van der Waals surface area contributed by atoms with Crippen LogP contribution < -0.4 is 10.6 Å². The highest BCUT2D eigenvalue weighted by Crippen LogP contribution is 2.40. The van der Waals surface area contributed by atoms with Gasteiger partial charge in [0.2, 0.25) is 0 Å². The van der Waals surface area contributed by atoms with Crippen molar-refractivity contribution in [2.24, 2.45) is 0 Å². The summed E-state index contributed by atoms with van der Waals surface area (Å²) in [5, 5.41) is 7.73. The fraction of sp³-hybridized carbons (Fsp3) is 0.468. The number of carbonyl (C=O) groups excluding carboxylic acids is 1. The second-order valence-electron chi connectivity index (χ2n) is 16.5. The number of benzene rings is 4. The standard InChI is InChI=1S/C47H58Cl4N4O9S2/c1-54-29-41(39-25-35(48)27-45(50)43(39)31-54)33-7-3-9-37(23-33)65(57,58)21-5-13-61-17-19-63-15-11-52-47(56)53-12-16-64-20-18-62-14-6-22-66(59,60)38-10-4-8-34(24-38)42-30-55(2)32-44-40(42)26-36(49)28-46(44)51/h3-4,7-10,23-28,41-42H,5-6,11-22,29-32H2,1-2H3,(H2,52,53,56). The number of fused-ring (bicyclic) bond motifs is 2. The third-order valence-electron chi connectivity index (χ3n) is 11.4. The Kier molecular flexibility index (Phi) is 19.8. The molecule has 0 aromatic heterocycles. The molecule has 2 amide bonds. The zero-order valence-electron chi connectivity index (χ0n) is 37.2. The zero-order chi connectivity index (χ0) is 47.3. The third kappa shape index (κ3) is 15.0. The Balaban J connectivity index is 0.760. The van der Waals surface area contributed by atoms with E-state index < -0.39 is 19.7 Å². The van der Waals surface area contributed by atoms with Crippen LogP contribution in [0.4, 0.5) is 4.79 Å². The van der Waals surface area contributed by atoms with Gasteiger partial charge < -0.3 is 39.4 Å². The first-order chi connectivity index (χ1) is 31.6. The molecule has 13 nitrogen and oxygen atoms in total. The average Bonchev–Trinajstić information content (AvgIpc) is 3.27. The van der Waals surface area contributed by atoms with E-state index in [9.17, 15) is 21.6 Å². The fourth-order valence-corrected chi connectivity index (χ4v) is 12.0. The fourth-order valence-electron chi connectivity index (χ4n) is 8.23. The molecule has 0 aliphatic carbocycles. The number of amides is 2. The highest BCUT2D eigenvalue weighted by Gasteiger charge is 2.30. The van der Waals surface area contributed by atoms with E-state index in [1.807, 2.05) is 38.4 Å². The Bertz CT molecular complexity index is 2330. The van der Waals surface area contributed by atoms with E-state index in [0.29, 0.717) is 85.4 Å². The summed E-state index contributed by atoms with van der Waals surface area (Å²) in [5.74, 6) is -0.232. The van der Waals surface area contributed by atoms with Gasteiger partial charge in [-0.3, -0.25) is 0 Å². The van der Waals surface area contributed by atoms with Crippen molar-refractivity contribution in [3.63, 3.8) is 0 Å². The Morgan fingerprint density at radius 3 is 1.38 bits per heavy atom. The first kappa shape index (κ1) is 52.3. The lowest BCUT2D eigenvalue weighted by Gasteiger charge is -2.33. The molecule has 2 atom stereocenters. The monoisotopic (exact) mass is 1030 g/mol. The lowest BCUT2D eigenvalue weighted by atomic mass is 9.85. The molecule has 4 aromatic carbocycles. The van der Waals surface area contributed by atoms with Gasteiger partial charge in [-0.2, -0.15) is 0 Å². The number of rotatable bonds is 24. The highest BCUT2D eigenvalue weighted by molar-refractivity contribution is 7.91. The molecule has 2 aliphatic heterocycles. The summed E-state index contributed by atoms with van der Waals surface area (Å²) in [5.41, 5.74) is 5.84. The molecule has 4 aromatic rings. The quantitative estimate of drug-likeness (QED) is 0.0661. The summed E-state index contributed by atoms with van der Waals surface area (Å²) in [6.07, 6.45) is 0.663. The summed E-state index contributed by atoms with van der Waals surface area (Å²) in [4.78, 5) is 17.0. The van der Waals surface area contributed by atoms with Crippen molar-refractivity contribution in [1.82, 2.24) is 20.4 Å². The summed E-state index contributed by atoms with van der Waals surface area (Å²) < 4.78 is 75.2. The molecule has 2 heterocycles. The summed E-state index contributed by atoms with van der Waals surface area (Å²) in [6.45, 7) is 5.65. The predicted octanol–water partition coefficient (Wildman–Crippen LogP) is 7.85. The van der Waals surface area contributed by atoms with Crippen LogP contribution in [0.3, 0.4) is 0 Å². The maximum Gasteiger partial charge on any atom is 0.314 e. The summed E-state index contributed by atoms with van der Waals surface area (Å²) >= 11 is 25.7. The molecule has 2 N–H and O–H groups in total. The van der Waals surface area contributed by atoms with Gasteiger partial charge in [0.1, 0.15) is 0 Å². The van der Waals surface area contributed by atoms with Gasteiger partial charge in [-0.15, -0.1) is 0 Å². The number of likely N-dealkylation sites (N-methyl/N-ethyl adjacent to an activating group) is 2. The Labute approximate surface area is 409 Å². The molecule has 6 rings (SSSR count). The molecule has 0 fully saturated rings. The van der Waals surface area contributed by atoms with Crippen molar-refractivity contribution in [3.05, 3.63) is 126 Å². The van der Waals surface area contributed by atoms with Gasteiger partial charge in [0.25, 0.3) is 0 Å². The van der Waals surface area contributed by atoms with Gasteiger partial charge in [-0.05, 0) is 109 Å². The molecule has 66 heavy (non-hydrogen) atoms. The van der Waals surface area contributed by atoms with Crippen molar-refractivity contribution in [1.29, 1.82) is 0 Å². The van der Waals surface area contributed by atoms with Crippen molar-refractivity contribution < 1.29 is 40.6 Å². The van der Waals surface area contributed by atoms with Gasteiger partial charge in [0.15, 0.2) is 19.7 Å². The van der Waals surface area contributed by atoms with Crippen molar-refractivity contribution in [3.8, 4) is 0 Å². The molecule has 0 radical (unpaired) electrons. The molecule has 2 unspecified atom stereocenters. The van der Waals surface area contributed by atoms with Crippen LogP contribution in [-0.2, 0) is 51.7 Å². The summed E-state index contributed by atoms with van der Waals surface area (Å²) in [7, 11) is -3.05. The zero-order valence-corrected chi connectivity index (χ0v) is 41.9. The second-order valence-corrected chi connectivity index (χ2v) is 22.4. The smallest absolute Gasteiger partial charge is 0.314 e. The largest absolute Gasteiger partial charge is 0.379 e. The second kappa shape index (κ2) is 25.0. The van der Waals surface area contributed by atoms with Crippen LogP contribution in [0.25, 0.3) is 0 Å². The van der Waals surface area contributed by atoms with Gasteiger partial charge in [0, 0.05) is 84.4 Å². The normalized spacial score (nSPS) is 16.8. The Morgan fingerprint density at radius 2 is 0.970 bits per heavy atom. The van der Waals surface area contributed by atoms with E-state index in [0.717, 1.165) is 33.4 Å². The van der Waals surface area contributed by atoms with Crippen LogP contribution >= 0.6 is 46.4 Å². The van der Waals surface area contributed by atoms with Crippen LogP contribution in [0.2, 0.25) is 20.1 Å². The molecular weight excluding hydrogens is 970 g/mol. The number of urea groups is 1. The maximum absolute atomic E-state index is 13.2. The van der Waals surface area contributed by atoms with Gasteiger partial charge in [-0.25, -0.2) is 21.6 Å². The number of halogens is 4. The molecule has 2 aliphatic rings. The Morgan fingerprint density at radius 1 is 0.576 bits per heavy atom. The van der Waals surface area contributed by atoms with E-state index >= 15 is 0 Å². The van der Waals surface area contributed by atoms with Crippen molar-refractivity contribution >= 4 is 72.1 Å². The van der Waals surface area contributed by atoms with Crippen LogP contribution in [0, 0.1) is 0 Å². The van der Waals surface area contributed by atoms with Crippen LogP contribution in [-0.4, -0.2) is 137 Å². The Hall–Kier alpha value is -3.03. The third-order valence-corrected chi connectivity index (χ3v) is 16.1. The predicted molar refractivity (Wildman–Crippen MR) is 260 cm³/mol. The molecular formula is C47H58Cl4N4O9S2. The lowest BCUT2D eigenvalue weighted by molar-refractivity contribution is 0.0486. The molecule has 19 heteroatoms. The van der Waals surface area contributed by atoms with Gasteiger partial charge in [-0.1, -0.05) is 70.7 Å². The lowest BCUT2D eigenvalue weighted by Crippen LogP contribution is -2.39. The van der Waals surface area contributed by atoms with E-state index in [4.69, 9.17) is 65.4 Å². The number of nitrogens with one attached hydrogen (secondary N) is 2. The molecule has 0 saturated carbocycles. The molecule has 0 spiro atoms. The SMILES string of the molecule is CN1Cc2c(Cl)cc(Cl)cc2C(c2cccc(S(=O)(=O)CCCOCCOCCNC(=O)NCCOCCOCCCS(=O)(=O)c3cccc(C4CN(C)Cc5c(Cl)cc(Cl)cc54)c3)c2)C1. The first-order valence-corrected chi connectivity index (χ1v) is 26.7. The minimum absolute atomic E-state index is 0.0521. The molecule has 360 valence electrons. The summed E-state index contributed by atoms with van der Waals surface area (Å²) in [6, 6.07) is 21.2. The molecule has 0 bridgehead atoms. The van der Waals surface area contributed by atoms with Gasteiger partial charge in [0.05, 0.1) is 60.9 Å². The average molecular weight is 1030 g/mol. The van der Waals surface area contributed by atoms with Crippen molar-refractivity contribution in [2.45, 2.75) is 47.6 Å². The van der Waals surface area contributed by atoms with Crippen LogP contribution in [0.1, 0.15) is 58.1 Å². The minimum Gasteiger partial charge on any atom is -0.379 e. The number of ether oxygens (including phenoxy) is 4. The van der Waals surface area contributed by atoms with E-state index in [1.165, 1.54) is 0 Å². The van der Waals surface area contributed by atoms with E-state index in [-0.39, 0.29) is 78.8 Å². The maximum atomic E-state index is 13.2. The molecule has 0 saturated heterocycles. The number of carbonyl (C=O) groups is 1. The number of hydrogen-bond donors (Lipinski definition) is 2. The highest BCUT2D eigenvalue weighted by atomic mass is 35.5. The number of nitrogens with zero attached hydrogens (tertiary/aromatic N) is 2. The van der Waals surface area contributed by atoms with Crippen LogP contribution in [0.5, 0.6) is 0 Å². The van der Waals surface area contributed by atoms with Crippen molar-refractivity contribution in [2.75, 3.05) is 105 Å². The topological polar surface area (TPSA) is 153 Å². The van der Waals surface area contributed by atoms with E-state index in [1.54, 1.807) is 48.5 Å².